The number of aryl methyl sites for hydroxylation is 1. The number of amides is 3. The van der Waals surface area contributed by atoms with E-state index in [4.69, 9.17) is 0 Å². The summed E-state index contributed by atoms with van der Waals surface area (Å²) in [5.74, 6) is -0.812. The Morgan fingerprint density at radius 1 is 1.08 bits per heavy atom. The Morgan fingerprint density at radius 2 is 1.88 bits per heavy atom. The van der Waals surface area contributed by atoms with Gasteiger partial charge in [-0.1, -0.05) is 30.3 Å². The molecule has 0 saturated carbocycles. The lowest BCUT2D eigenvalue weighted by Gasteiger charge is -2.30. The van der Waals surface area contributed by atoms with Crippen molar-refractivity contribution in [3.05, 3.63) is 59.9 Å². The maximum absolute atomic E-state index is 14.1. The number of nitrogens with zero attached hydrogens (tertiary/aromatic N) is 1. The monoisotopic (exact) mass is 327 g/mol. The van der Waals surface area contributed by atoms with Crippen molar-refractivity contribution in [2.75, 3.05) is 23.3 Å². The molecule has 0 spiro atoms. The SMILES string of the molecule is O=C(CN1CCCc2cccc(F)c21)NC(=O)Nc1ccccc1. The van der Waals surface area contributed by atoms with Gasteiger partial charge in [-0.3, -0.25) is 10.1 Å². The molecule has 6 heteroatoms. The molecule has 5 nitrogen and oxygen atoms in total. The summed E-state index contributed by atoms with van der Waals surface area (Å²) in [6, 6.07) is 13.2. The first-order valence-corrected chi connectivity index (χ1v) is 7.82. The largest absolute Gasteiger partial charge is 0.360 e. The van der Waals surface area contributed by atoms with Crippen LogP contribution in [-0.4, -0.2) is 25.0 Å². The van der Waals surface area contributed by atoms with Gasteiger partial charge in [0.05, 0.1) is 12.2 Å². The molecule has 0 bridgehead atoms. The third kappa shape index (κ3) is 3.71. The number of hydrogen-bond donors (Lipinski definition) is 2. The van der Waals surface area contributed by atoms with E-state index in [0.717, 1.165) is 18.4 Å². The number of urea groups is 1. The van der Waals surface area contributed by atoms with Crippen LogP contribution in [0.5, 0.6) is 0 Å². The second-order valence-electron chi connectivity index (χ2n) is 5.64. The van der Waals surface area contributed by atoms with Crippen LogP contribution in [0.4, 0.5) is 20.6 Å². The van der Waals surface area contributed by atoms with Gasteiger partial charge in [0.25, 0.3) is 0 Å². The fraction of sp³-hybridized carbons (Fsp3) is 0.222. The average molecular weight is 327 g/mol. The second kappa shape index (κ2) is 7.12. The molecule has 3 amide bonds. The lowest BCUT2D eigenvalue weighted by Crippen LogP contribution is -2.43. The molecule has 2 aromatic carbocycles. The number of imide groups is 1. The lowest BCUT2D eigenvalue weighted by molar-refractivity contribution is -0.118. The Labute approximate surface area is 139 Å². The Morgan fingerprint density at radius 3 is 2.67 bits per heavy atom. The average Bonchev–Trinajstić information content (AvgIpc) is 2.55. The molecule has 2 aromatic rings. The number of benzene rings is 2. The zero-order chi connectivity index (χ0) is 16.9. The Bertz CT molecular complexity index is 749. The molecule has 2 N–H and O–H groups in total. The molecule has 0 aliphatic carbocycles. The number of halogens is 1. The van der Waals surface area contributed by atoms with Crippen LogP contribution in [0.2, 0.25) is 0 Å². The normalized spacial score (nSPS) is 13.1. The molecule has 124 valence electrons. The van der Waals surface area contributed by atoms with Gasteiger partial charge in [0.15, 0.2) is 0 Å². The quantitative estimate of drug-likeness (QED) is 0.911. The summed E-state index contributed by atoms with van der Waals surface area (Å²) in [6.45, 7) is 0.526. The van der Waals surface area contributed by atoms with Crippen LogP contribution >= 0.6 is 0 Å². The fourth-order valence-electron chi connectivity index (χ4n) is 2.87. The van der Waals surface area contributed by atoms with Crippen LogP contribution in [0.3, 0.4) is 0 Å². The third-order valence-corrected chi connectivity index (χ3v) is 3.88. The van der Waals surface area contributed by atoms with Crippen molar-refractivity contribution in [1.29, 1.82) is 0 Å². The van der Waals surface area contributed by atoms with Crippen LogP contribution in [0, 0.1) is 5.82 Å². The van der Waals surface area contributed by atoms with E-state index in [-0.39, 0.29) is 12.4 Å². The molecule has 0 aromatic heterocycles. The van der Waals surface area contributed by atoms with E-state index in [2.05, 4.69) is 10.6 Å². The minimum Gasteiger partial charge on any atom is -0.360 e. The van der Waals surface area contributed by atoms with Gasteiger partial charge in [0, 0.05) is 12.2 Å². The van der Waals surface area contributed by atoms with Crippen LogP contribution in [0.1, 0.15) is 12.0 Å². The topological polar surface area (TPSA) is 61.4 Å². The molecule has 1 aliphatic rings. The summed E-state index contributed by atoms with van der Waals surface area (Å²) in [4.78, 5) is 25.6. The van der Waals surface area contributed by atoms with Crippen molar-refractivity contribution < 1.29 is 14.0 Å². The van der Waals surface area contributed by atoms with Crippen molar-refractivity contribution in [3.63, 3.8) is 0 Å². The van der Waals surface area contributed by atoms with Crippen LogP contribution < -0.4 is 15.5 Å². The summed E-state index contributed by atoms with van der Waals surface area (Å²) < 4.78 is 14.1. The highest BCUT2D eigenvalue weighted by molar-refractivity contribution is 6.02. The number of para-hydroxylation sites is 2. The minimum atomic E-state index is -0.600. The standard InChI is InChI=1S/C18H18FN3O2/c19-15-10-4-6-13-7-5-11-22(17(13)15)12-16(23)21-18(24)20-14-8-2-1-3-9-14/h1-4,6,8-10H,5,7,11-12H2,(H2,20,21,23,24). The third-order valence-electron chi connectivity index (χ3n) is 3.88. The predicted octanol–water partition coefficient (Wildman–Crippen LogP) is 2.93. The van der Waals surface area contributed by atoms with Crippen LogP contribution in [-0.2, 0) is 11.2 Å². The maximum Gasteiger partial charge on any atom is 0.325 e. The van der Waals surface area contributed by atoms with Gasteiger partial charge in [-0.05, 0) is 36.6 Å². The number of rotatable bonds is 3. The lowest BCUT2D eigenvalue weighted by atomic mass is 10.0. The number of hydrogen-bond acceptors (Lipinski definition) is 3. The van der Waals surface area contributed by atoms with E-state index in [1.807, 2.05) is 12.1 Å². The minimum absolute atomic E-state index is 0.0594. The first-order chi connectivity index (χ1) is 11.6. The van der Waals surface area contributed by atoms with E-state index in [0.29, 0.717) is 17.9 Å². The highest BCUT2D eigenvalue weighted by atomic mass is 19.1. The maximum atomic E-state index is 14.1. The Kier molecular flexibility index (Phi) is 4.74. The summed E-state index contributed by atoms with van der Waals surface area (Å²) in [5, 5.41) is 4.85. The van der Waals surface area contributed by atoms with Gasteiger partial charge >= 0.3 is 6.03 Å². The van der Waals surface area contributed by atoms with E-state index in [1.165, 1.54) is 6.07 Å². The highest BCUT2D eigenvalue weighted by Gasteiger charge is 2.22. The summed E-state index contributed by atoms with van der Waals surface area (Å²) in [5.41, 5.74) is 1.95. The molecule has 24 heavy (non-hydrogen) atoms. The number of carbonyl (C=O) groups excluding carboxylic acids is 2. The number of anilines is 2. The van der Waals surface area contributed by atoms with E-state index in [9.17, 15) is 14.0 Å². The van der Waals surface area contributed by atoms with E-state index in [1.54, 1.807) is 35.2 Å². The second-order valence-corrected chi connectivity index (χ2v) is 5.64. The zero-order valence-corrected chi connectivity index (χ0v) is 13.1. The smallest absolute Gasteiger partial charge is 0.325 e. The van der Waals surface area contributed by atoms with Crippen molar-refractivity contribution in [3.8, 4) is 0 Å². The molecule has 0 unspecified atom stereocenters. The van der Waals surface area contributed by atoms with Crippen molar-refractivity contribution in [1.82, 2.24) is 5.32 Å². The molecule has 0 saturated heterocycles. The zero-order valence-electron chi connectivity index (χ0n) is 13.1. The molecule has 1 heterocycles. The molecule has 3 rings (SSSR count). The van der Waals surface area contributed by atoms with Gasteiger partial charge in [0.2, 0.25) is 5.91 Å². The summed E-state index contributed by atoms with van der Waals surface area (Å²) in [6.07, 6.45) is 1.64. The molecule has 0 atom stereocenters. The van der Waals surface area contributed by atoms with Crippen LogP contribution in [0.25, 0.3) is 0 Å². The van der Waals surface area contributed by atoms with Gasteiger partial charge in [-0.25, -0.2) is 9.18 Å². The first-order valence-electron chi connectivity index (χ1n) is 7.82. The Hall–Kier alpha value is -2.89. The van der Waals surface area contributed by atoms with Crippen LogP contribution in [0.15, 0.2) is 48.5 Å². The molecular formula is C18H18FN3O2. The van der Waals surface area contributed by atoms with Gasteiger partial charge in [-0.2, -0.15) is 0 Å². The van der Waals surface area contributed by atoms with E-state index < -0.39 is 11.9 Å². The summed E-state index contributed by atoms with van der Waals surface area (Å²) in [7, 11) is 0. The first kappa shape index (κ1) is 16.0. The molecule has 0 radical (unpaired) electrons. The van der Waals surface area contributed by atoms with E-state index >= 15 is 0 Å². The van der Waals surface area contributed by atoms with Crippen molar-refractivity contribution in [2.45, 2.75) is 12.8 Å². The Balaban J connectivity index is 1.61. The van der Waals surface area contributed by atoms with Crippen molar-refractivity contribution in [2.24, 2.45) is 0 Å². The fourth-order valence-corrected chi connectivity index (χ4v) is 2.87. The summed E-state index contributed by atoms with van der Waals surface area (Å²) >= 11 is 0. The van der Waals surface area contributed by atoms with Gasteiger partial charge < -0.3 is 10.2 Å². The van der Waals surface area contributed by atoms with Gasteiger partial charge in [0.1, 0.15) is 5.82 Å². The van der Waals surface area contributed by atoms with Gasteiger partial charge in [-0.15, -0.1) is 0 Å². The predicted molar refractivity (Wildman–Crippen MR) is 90.5 cm³/mol. The number of carbonyl (C=O) groups is 2. The molecule has 1 aliphatic heterocycles. The molecule has 0 fully saturated rings. The molecular weight excluding hydrogens is 309 g/mol. The highest BCUT2D eigenvalue weighted by Crippen LogP contribution is 2.29. The van der Waals surface area contributed by atoms with Crippen molar-refractivity contribution >= 4 is 23.3 Å². The number of nitrogens with one attached hydrogen (secondary N) is 2. The number of fused-ring (bicyclic) bond motifs is 1.